The van der Waals surface area contributed by atoms with Crippen molar-refractivity contribution in [2.45, 2.75) is 12.8 Å². The highest BCUT2D eigenvalue weighted by molar-refractivity contribution is 6.07. The van der Waals surface area contributed by atoms with Crippen LogP contribution >= 0.6 is 0 Å². The van der Waals surface area contributed by atoms with Gasteiger partial charge in [0.1, 0.15) is 5.75 Å². The van der Waals surface area contributed by atoms with Gasteiger partial charge in [-0.25, -0.2) is 0 Å². The van der Waals surface area contributed by atoms with Crippen LogP contribution < -0.4 is 0 Å². The fraction of sp³-hybridized carbons (Fsp3) is 0.0952. The molecular weight excluding hydrogens is 284 g/mol. The van der Waals surface area contributed by atoms with Gasteiger partial charge in [0.25, 0.3) is 0 Å². The fourth-order valence-corrected chi connectivity index (χ4v) is 3.29. The van der Waals surface area contributed by atoms with Crippen molar-refractivity contribution in [2.24, 2.45) is 0 Å². The molecule has 0 unspecified atom stereocenters. The molecule has 0 bridgehead atoms. The number of phenolic OH excluding ortho intramolecular Hbond substituents is 1. The minimum absolute atomic E-state index is 0.123. The van der Waals surface area contributed by atoms with E-state index in [4.69, 9.17) is 0 Å². The lowest BCUT2D eigenvalue weighted by Gasteiger charge is -2.11. The largest absolute Gasteiger partial charge is 0.507 e. The first-order chi connectivity index (χ1) is 11.2. The van der Waals surface area contributed by atoms with Gasteiger partial charge < -0.3 is 5.11 Å². The third kappa shape index (κ3) is 2.33. The number of hydrogen-bond acceptors (Lipinski definition) is 2. The Morgan fingerprint density at radius 2 is 1.30 bits per heavy atom. The molecule has 1 aliphatic rings. The minimum atomic E-state index is 0.123. The van der Waals surface area contributed by atoms with Crippen LogP contribution in [0.5, 0.6) is 5.75 Å². The number of carbonyl (C=O) groups excluding carboxylic acids is 1. The molecule has 0 fully saturated rings. The number of aromatic hydroxyl groups is 1. The van der Waals surface area contributed by atoms with E-state index in [0.717, 1.165) is 28.7 Å². The van der Waals surface area contributed by atoms with Crippen LogP contribution in [0.15, 0.2) is 66.7 Å². The summed E-state index contributed by atoms with van der Waals surface area (Å²) in [6.45, 7) is 0. The Morgan fingerprint density at radius 3 is 2.04 bits per heavy atom. The fourth-order valence-electron chi connectivity index (χ4n) is 3.29. The zero-order valence-electron chi connectivity index (χ0n) is 12.6. The van der Waals surface area contributed by atoms with Gasteiger partial charge in [0.05, 0.1) is 0 Å². The molecule has 0 atom stereocenters. The molecule has 1 aliphatic carbocycles. The first kappa shape index (κ1) is 13.8. The molecular formula is C21H16O2. The third-order valence-electron chi connectivity index (χ3n) is 4.45. The van der Waals surface area contributed by atoms with Crippen LogP contribution in [-0.4, -0.2) is 10.9 Å². The summed E-state index contributed by atoms with van der Waals surface area (Å²) in [5.41, 5.74) is 5.55. The number of ketones is 1. The van der Waals surface area contributed by atoms with Gasteiger partial charge in [0, 0.05) is 17.5 Å². The predicted molar refractivity (Wildman–Crippen MR) is 91.6 cm³/mol. The maximum absolute atomic E-state index is 12.2. The van der Waals surface area contributed by atoms with Crippen molar-refractivity contribution in [3.05, 3.63) is 77.9 Å². The second kappa shape index (κ2) is 5.40. The zero-order valence-corrected chi connectivity index (χ0v) is 12.6. The maximum Gasteiger partial charge on any atom is 0.164 e. The van der Waals surface area contributed by atoms with E-state index in [2.05, 4.69) is 12.1 Å². The van der Waals surface area contributed by atoms with E-state index in [1.807, 2.05) is 48.5 Å². The number of rotatable bonds is 2. The summed E-state index contributed by atoms with van der Waals surface area (Å²) in [5.74, 6) is 0.296. The first-order valence-electron chi connectivity index (χ1n) is 7.78. The average Bonchev–Trinajstić information content (AvgIpc) is 2.97. The number of benzene rings is 3. The van der Waals surface area contributed by atoms with Gasteiger partial charge in [0.15, 0.2) is 5.78 Å². The molecule has 3 aromatic carbocycles. The second-order valence-electron chi connectivity index (χ2n) is 5.86. The summed E-state index contributed by atoms with van der Waals surface area (Å²) in [5, 5.41) is 10.3. The van der Waals surface area contributed by atoms with Gasteiger partial charge in [-0.2, -0.15) is 0 Å². The molecule has 2 heteroatoms. The molecule has 0 saturated carbocycles. The highest BCUT2D eigenvalue weighted by Crippen LogP contribution is 2.39. The van der Waals surface area contributed by atoms with Gasteiger partial charge in [-0.1, -0.05) is 60.7 Å². The SMILES string of the molecule is O=C1CCc2ccc(O)c(-c3ccc(-c4ccccc4)cc3)c21. The number of hydrogen-bond donors (Lipinski definition) is 1. The number of fused-ring (bicyclic) bond motifs is 1. The molecule has 0 amide bonds. The Morgan fingerprint density at radius 1 is 0.652 bits per heavy atom. The van der Waals surface area contributed by atoms with Crippen molar-refractivity contribution in [1.29, 1.82) is 0 Å². The standard InChI is InChI=1S/C21H16O2/c22-18-12-10-17-11-13-19(23)21(17)20(18)16-8-6-15(7-9-16)14-4-2-1-3-5-14/h1-10,12,22H,11,13H2. The predicted octanol–water partition coefficient (Wildman–Crippen LogP) is 4.86. The lowest BCUT2D eigenvalue weighted by molar-refractivity contribution is 0.0995. The van der Waals surface area contributed by atoms with Crippen LogP contribution in [0.3, 0.4) is 0 Å². The van der Waals surface area contributed by atoms with E-state index < -0.39 is 0 Å². The molecule has 0 spiro atoms. The summed E-state index contributed by atoms with van der Waals surface area (Å²) >= 11 is 0. The van der Waals surface area contributed by atoms with Gasteiger partial charge in [-0.3, -0.25) is 4.79 Å². The molecule has 1 N–H and O–H groups in total. The zero-order chi connectivity index (χ0) is 15.8. The highest BCUT2D eigenvalue weighted by Gasteiger charge is 2.25. The van der Waals surface area contributed by atoms with Crippen LogP contribution in [0, 0.1) is 0 Å². The van der Waals surface area contributed by atoms with Crippen LogP contribution in [0.1, 0.15) is 22.3 Å². The first-order valence-corrected chi connectivity index (χ1v) is 7.78. The third-order valence-corrected chi connectivity index (χ3v) is 4.45. The normalized spacial score (nSPS) is 13.1. The summed E-state index contributed by atoms with van der Waals surface area (Å²) in [6.07, 6.45) is 1.30. The molecule has 0 aromatic heterocycles. The van der Waals surface area contributed by atoms with E-state index >= 15 is 0 Å². The molecule has 112 valence electrons. The summed E-state index contributed by atoms with van der Waals surface area (Å²) in [7, 11) is 0. The summed E-state index contributed by atoms with van der Waals surface area (Å²) in [6, 6.07) is 21.7. The van der Waals surface area contributed by atoms with E-state index in [0.29, 0.717) is 17.5 Å². The van der Waals surface area contributed by atoms with Crippen LogP contribution in [0.4, 0.5) is 0 Å². The molecule has 3 aromatic rings. The smallest absolute Gasteiger partial charge is 0.164 e. The molecule has 4 rings (SSSR count). The summed E-state index contributed by atoms with van der Waals surface area (Å²) in [4.78, 5) is 12.2. The van der Waals surface area contributed by atoms with Crippen molar-refractivity contribution in [3.63, 3.8) is 0 Å². The highest BCUT2D eigenvalue weighted by atomic mass is 16.3. The molecule has 0 saturated heterocycles. The Balaban J connectivity index is 1.81. The van der Waals surface area contributed by atoms with Crippen LogP contribution in [0.25, 0.3) is 22.3 Å². The van der Waals surface area contributed by atoms with Gasteiger partial charge in [-0.15, -0.1) is 0 Å². The molecule has 2 nitrogen and oxygen atoms in total. The van der Waals surface area contributed by atoms with E-state index in [-0.39, 0.29) is 11.5 Å². The monoisotopic (exact) mass is 300 g/mol. The van der Waals surface area contributed by atoms with Gasteiger partial charge in [-0.05, 0) is 34.7 Å². The lowest BCUT2D eigenvalue weighted by Crippen LogP contribution is -1.96. The maximum atomic E-state index is 12.2. The molecule has 23 heavy (non-hydrogen) atoms. The summed E-state index contributed by atoms with van der Waals surface area (Å²) < 4.78 is 0. The van der Waals surface area contributed by atoms with Crippen molar-refractivity contribution >= 4 is 5.78 Å². The lowest BCUT2D eigenvalue weighted by atomic mass is 9.94. The van der Waals surface area contributed by atoms with Crippen molar-refractivity contribution in [1.82, 2.24) is 0 Å². The minimum Gasteiger partial charge on any atom is -0.507 e. The van der Waals surface area contributed by atoms with E-state index in [9.17, 15) is 9.90 Å². The van der Waals surface area contributed by atoms with Crippen LogP contribution in [0.2, 0.25) is 0 Å². The molecule has 0 heterocycles. The second-order valence-corrected chi connectivity index (χ2v) is 5.86. The van der Waals surface area contributed by atoms with Crippen LogP contribution in [-0.2, 0) is 6.42 Å². The quantitative estimate of drug-likeness (QED) is 0.734. The number of phenols is 1. The average molecular weight is 300 g/mol. The topological polar surface area (TPSA) is 37.3 Å². The van der Waals surface area contributed by atoms with Crippen molar-refractivity contribution in [3.8, 4) is 28.0 Å². The van der Waals surface area contributed by atoms with Gasteiger partial charge >= 0.3 is 0 Å². The Hall–Kier alpha value is -2.87. The molecule has 0 aliphatic heterocycles. The van der Waals surface area contributed by atoms with Crippen molar-refractivity contribution < 1.29 is 9.90 Å². The number of carbonyl (C=O) groups is 1. The van der Waals surface area contributed by atoms with Crippen molar-refractivity contribution in [2.75, 3.05) is 0 Å². The number of aryl methyl sites for hydroxylation is 1. The molecule has 0 radical (unpaired) electrons. The van der Waals surface area contributed by atoms with E-state index in [1.54, 1.807) is 6.07 Å². The Kier molecular flexibility index (Phi) is 3.23. The Bertz CT molecular complexity index is 878. The Labute approximate surface area is 135 Å². The number of Topliss-reactive ketones (excluding diaryl/α,β-unsaturated/α-hetero) is 1. The van der Waals surface area contributed by atoms with Gasteiger partial charge in [0.2, 0.25) is 0 Å². The van der Waals surface area contributed by atoms with E-state index in [1.165, 1.54) is 0 Å².